The van der Waals surface area contributed by atoms with Crippen LogP contribution in [0.1, 0.15) is 50.4 Å². The molecule has 0 fully saturated rings. The SMILES string of the molecule is CCOc1ccc([C@H]2C(C(=O)OC(C)C)=C(C)N=c3s/c(=C/c4cc(Cl)ccc4OCc4ccc(Cl)c(Cl)c4)c(=O)n32)cc1. The van der Waals surface area contributed by atoms with Crippen LogP contribution in [0.4, 0.5) is 0 Å². The van der Waals surface area contributed by atoms with Crippen molar-refractivity contribution < 1.29 is 19.0 Å². The van der Waals surface area contributed by atoms with Crippen LogP contribution >= 0.6 is 46.1 Å². The highest BCUT2D eigenvalue weighted by Gasteiger charge is 2.33. The van der Waals surface area contributed by atoms with Crippen LogP contribution in [0.2, 0.25) is 15.1 Å². The maximum Gasteiger partial charge on any atom is 0.338 e. The molecule has 0 saturated carbocycles. The first-order valence-electron chi connectivity index (χ1n) is 13.9. The molecular formula is C33H29Cl3N2O5S. The fraction of sp³-hybridized carbons (Fsp3) is 0.242. The summed E-state index contributed by atoms with van der Waals surface area (Å²) < 4.78 is 19.2. The molecule has 3 aromatic carbocycles. The van der Waals surface area contributed by atoms with Crippen LogP contribution in [0.15, 0.2) is 81.7 Å². The lowest BCUT2D eigenvalue weighted by atomic mass is 9.96. The van der Waals surface area contributed by atoms with E-state index in [0.717, 1.165) is 11.1 Å². The van der Waals surface area contributed by atoms with E-state index in [-0.39, 0.29) is 18.3 Å². The Morgan fingerprint density at radius 2 is 1.77 bits per heavy atom. The summed E-state index contributed by atoms with van der Waals surface area (Å²) in [5.74, 6) is 0.680. The van der Waals surface area contributed by atoms with Gasteiger partial charge in [0.05, 0.1) is 44.6 Å². The summed E-state index contributed by atoms with van der Waals surface area (Å²) in [7, 11) is 0. The molecule has 0 unspecified atom stereocenters. The van der Waals surface area contributed by atoms with E-state index < -0.39 is 12.0 Å². The van der Waals surface area contributed by atoms with E-state index in [4.69, 9.17) is 49.0 Å². The van der Waals surface area contributed by atoms with Crippen LogP contribution < -0.4 is 24.4 Å². The third kappa shape index (κ3) is 6.89. The van der Waals surface area contributed by atoms with Crippen molar-refractivity contribution in [1.82, 2.24) is 4.57 Å². The molecule has 0 aliphatic carbocycles. The van der Waals surface area contributed by atoms with E-state index in [1.54, 1.807) is 57.2 Å². The number of halogens is 3. The van der Waals surface area contributed by atoms with Gasteiger partial charge in [-0.3, -0.25) is 9.36 Å². The number of thiazole rings is 1. The van der Waals surface area contributed by atoms with Gasteiger partial charge in [-0.15, -0.1) is 0 Å². The molecule has 2 heterocycles. The van der Waals surface area contributed by atoms with Gasteiger partial charge in [-0.25, -0.2) is 9.79 Å². The predicted molar refractivity (Wildman–Crippen MR) is 175 cm³/mol. The zero-order valence-electron chi connectivity index (χ0n) is 24.4. The second-order valence-corrected chi connectivity index (χ2v) is 12.5. The number of fused-ring (bicyclic) bond motifs is 1. The number of esters is 1. The van der Waals surface area contributed by atoms with Crippen LogP contribution in [-0.4, -0.2) is 23.2 Å². The zero-order chi connectivity index (χ0) is 31.5. The first-order chi connectivity index (χ1) is 21.0. The molecule has 1 atom stereocenters. The largest absolute Gasteiger partial charge is 0.494 e. The Bertz CT molecular complexity index is 1930. The van der Waals surface area contributed by atoms with Gasteiger partial charge < -0.3 is 14.2 Å². The third-order valence-corrected chi connectivity index (χ3v) is 8.69. The molecule has 1 aliphatic rings. The van der Waals surface area contributed by atoms with E-state index in [1.807, 2.05) is 37.3 Å². The molecule has 0 bridgehead atoms. The van der Waals surface area contributed by atoms with Gasteiger partial charge in [0.1, 0.15) is 18.1 Å². The lowest BCUT2D eigenvalue weighted by Crippen LogP contribution is -2.40. The molecule has 0 saturated heterocycles. The second-order valence-electron chi connectivity index (χ2n) is 10.3. The van der Waals surface area contributed by atoms with Gasteiger partial charge in [-0.05, 0) is 87.4 Å². The molecule has 7 nitrogen and oxygen atoms in total. The molecule has 0 spiro atoms. The number of benzene rings is 3. The van der Waals surface area contributed by atoms with E-state index >= 15 is 0 Å². The van der Waals surface area contributed by atoms with Crippen molar-refractivity contribution in [3.05, 3.63) is 123 Å². The van der Waals surface area contributed by atoms with Crippen molar-refractivity contribution >= 4 is 58.2 Å². The normalized spacial score (nSPS) is 14.8. The minimum Gasteiger partial charge on any atom is -0.494 e. The minimum atomic E-state index is -0.750. The number of hydrogen-bond acceptors (Lipinski definition) is 7. The Hall–Kier alpha value is -3.56. The lowest BCUT2D eigenvalue weighted by Gasteiger charge is -2.25. The molecule has 1 aliphatic heterocycles. The van der Waals surface area contributed by atoms with Crippen molar-refractivity contribution in [1.29, 1.82) is 0 Å². The lowest BCUT2D eigenvalue weighted by molar-refractivity contribution is -0.143. The maximum absolute atomic E-state index is 14.1. The Morgan fingerprint density at radius 3 is 2.45 bits per heavy atom. The Balaban J connectivity index is 1.60. The summed E-state index contributed by atoms with van der Waals surface area (Å²) in [5, 5.41) is 1.37. The van der Waals surface area contributed by atoms with Gasteiger partial charge >= 0.3 is 5.97 Å². The average Bonchev–Trinajstić information content (AvgIpc) is 3.27. The molecule has 0 N–H and O–H groups in total. The first-order valence-corrected chi connectivity index (χ1v) is 15.8. The van der Waals surface area contributed by atoms with Crippen molar-refractivity contribution in [2.75, 3.05) is 6.61 Å². The van der Waals surface area contributed by atoms with E-state index in [9.17, 15) is 9.59 Å². The Morgan fingerprint density at radius 1 is 1.02 bits per heavy atom. The van der Waals surface area contributed by atoms with Crippen LogP contribution in [0.25, 0.3) is 6.08 Å². The van der Waals surface area contributed by atoms with Gasteiger partial charge in [-0.2, -0.15) is 0 Å². The van der Waals surface area contributed by atoms with Crippen LogP contribution in [0, 0.1) is 0 Å². The van der Waals surface area contributed by atoms with Crippen molar-refractivity contribution in [3.8, 4) is 11.5 Å². The average molecular weight is 672 g/mol. The molecule has 1 aromatic heterocycles. The fourth-order valence-electron chi connectivity index (χ4n) is 4.78. The molecular weight excluding hydrogens is 643 g/mol. The van der Waals surface area contributed by atoms with Crippen molar-refractivity contribution in [2.45, 2.75) is 46.4 Å². The Labute approximate surface area is 273 Å². The Kier molecular flexibility index (Phi) is 9.85. The summed E-state index contributed by atoms with van der Waals surface area (Å²) in [5.41, 5.74) is 2.62. The standard InChI is InChI=1S/C33H29Cl3N2O5S/c1-5-41-24-10-7-21(8-11-24)30-29(32(40)43-18(2)3)19(4)37-33-38(30)31(39)28(44-33)16-22-15-23(34)9-13-27(22)42-17-20-6-12-25(35)26(36)14-20/h6-16,18,30H,5,17H2,1-4H3/b28-16+/t30-/m0/s1. The molecule has 4 aromatic rings. The van der Waals surface area contributed by atoms with E-state index in [1.165, 1.54) is 15.9 Å². The van der Waals surface area contributed by atoms with Gasteiger partial charge in [0.25, 0.3) is 5.56 Å². The predicted octanol–water partition coefficient (Wildman–Crippen LogP) is 7.12. The van der Waals surface area contributed by atoms with Gasteiger partial charge in [0.2, 0.25) is 0 Å². The number of carbonyl (C=O) groups excluding carboxylic acids is 1. The number of rotatable bonds is 9. The van der Waals surface area contributed by atoms with Crippen LogP contribution in [0.5, 0.6) is 11.5 Å². The number of aromatic nitrogens is 1. The number of nitrogens with zero attached hydrogens (tertiary/aromatic N) is 2. The summed E-state index contributed by atoms with van der Waals surface area (Å²) in [4.78, 5) is 32.6. The van der Waals surface area contributed by atoms with Crippen molar-refractivity contribution in [3.63, 3.8) is 0 Å². The second kappa shape index (κ2) is 13.6. The monoisotopic (exact) mass is 670 g/mol. The van der Waals surface area contributed by atoms with Gasteiger partial charge in [-0.1, -0.05) is 64.3 Å². The number of carbonyl (C=O) groups is 1. The quantitative estimate of drug-likeness (QED) is 0.177. The highest BCUT2D eigenvalue weighted by Crippen LogP contribution is 2.32. The van der Waals surface area contributed by atoms with E-state index in [2.05, 4.69) is 4.99 Å². The molecule has 5 rings (SSSR count). The van der Waals surface area contributed by atoms with Crippen LogP contribution in [0.3, 0.4) is 0 Å². The smallest absolute Gasteiger partial charge is 0.338 e. The third-order valence-electron chi connectivity index (χ3n) is 6.73. The minimum absolute atomic E-state index is 0.221. The number of ether oxygens (including phenoxy) is 3. The summed E-state index contributed by atoms with van der Waals surface area (Å²) in [6.07, 6.45) is 1.37. The summed E-state index contributed by atoms with van der Waals surface area (Å²) in [6, 6.07) is 17.0. The van der Waals surface area contributed by atoms with Gasteiger partial charge in [0, 0.05) is 10.6 Å². The maximum atomic E-state index is 14.1. The first kappa shape index (κ1) is 31.9. The highest BCUT2D eigenvalue weighted by atomic mass is 35.5. The number of allylic oxidation sites excluding steroid dienone is 1. The molecule has 44 heavy (non-hydrogen) atoms. The summed E-state index contributed by atoms with van der Waals surface area (Å²) in [6.45, 7) is 7.95. The highest BCUT2D eigenvalue weighted by molar-refractivity contribution is 7.07. The summed E-state index contributed by atoms with van der Waals surface area (Å²) >= 11 is 19.8. The molecule has 0 amide bonds. The molecule has 228 valence electrons. The topological polar surface area (TPSA) is 79.1 Å². The van der Waals surface area contributed by atoms with Crippen LogP contribution in [-0.2, 0) is 16.1 Å². The molecule has 11 heteroatoms. The zero-order valence-corrected chi connectivity index (χ0v) is 27.5. The van der Waals surface area contributed by atoms with E-state index in [0.29, 0.717) is 59.3 Å². The van der Waals surface area contributed by atoms with Crippen molar-refractivity contribution in [2.24, 2.45) is 4.99 Å². The van der Waals surface area contributed by atoms with Gasteiger partial charge in [0.15, 0.2) is 4.80 Å². The fourth-order valence-corrected chi connectivity index (χ4v) is 6.32. The molecule has 0 radical (unpaired) electrons. The number of hydrogen-bond donors (Lipinski definition) is 0.